The summed E-state index contributed by atoms with van der Waals surface area (Å²) in [7, 11) is 2.27. The number of likely N-dealkylation sites (N-methyl/N-ethyl adjacent to an activating group) is 1. The van der Waals surface area contributed by atoms with Crippen LogP contribution in [0.3, 0.4) is 0 Å². The van der Waals surface area contributed by atoms with E-state index in [1.165, 1.54) is 54.9 Å². The number of nitrogens with zero attached hydrogens (tertiary/aromatic N) is 2. The van der Waals surface area contributed by atoms with E-state index in [-0.39, 0.29) is 0 Å². The number of anilines is 1. The Morgan fingerprint density at radius 2 is 1.82 bits per heavy atom. The van der Waals surface area contributed by atoms with Crippen LogP contribution in [-0.2, 0) is 6.42 Å². The van der Waals surface area contributed by atoms with Crippen molar-refractivity contribution in [3.05, 3.63) is 53.6 Å². The maximum atomic E-state index is 2.74. The van der Waals surface area contributed by atoms with Gasteiger partial charge in [-0.25, -0.2) is 0 Å². The molecule has 0 spiro atoms. The van der Waals surface area contributed by atoms with Gasteiger partial charge in [-0.15, -0.1) is 0 Å². The van der Waals surface area contributed by atoms with E-state index in [1.54, 1.807) is 5.56 Å². The molecule has 1 unspecified atom stereocenters. The van der Waals surface area contributed by atoms with Crippen LogP contribution in [0.15, 0.2) is 42.5 Å². The van der Waals surface area contributed by atoms with Gasteiger partial charge in [0.2, 0.25) is 0 Å². The molecule has 0 saturated carbocycles. The van der Waals surface area contributed by atoms with Crippen LogP contribution < -0.4 is 4.90 Å². The summed E-state index contributed by atoms with van der Waals surface area (Å²) in [5, 5.41) is 0. The number of hydrogen-bond acceptors (Lipinski definition) is 2. The van der Waals surface area contributed by atoms with Crippen LogP contribution in [0, 0.1) is 0 Å². The van der Waals surface area contributed by atoms with Gasteiger partial charge in [-0.3, -0.25) is 0 Å². The van der Waals surface area contributed by atoms with Crippen LogP contribution in [0.1, 0.15) is 23.5 Å². The predicted octanol–water partition coefficient (Wildman–Crippen LogP) is 3.52. The third-order valence-corrected chi connectivity index (χ3v) is 5.86. The summed E-state index contributed by atoms with van der Waals surface area (Å²) in [6.07, 6.45) is 2.47. The van der Waals surface area contributed by atoms with E-state index in [4.69, 9.17) is 0 Å². The lowest BCUT2D eigenvalue weighted by Crippen LogP contribution is -2.45. The monoisotopic (exact) mass is 290 g/mol. The van der Waals surface area contributed by atoms with Crippen LogP contribution >= 0.6 is 0 Å². The highest BCUT2D eigenvalue weighted by Gasteiger charge is 2.42. The third-order valence-electron chi connectivity index (χ3n) is 5.86. The molecule has 3 aliphatic heterocycles. The molecule has 0 amide bonds. The summed E-state index contributed by atoms with van der Waals surface area (Å²) >= 11 is 0. The lowest BCUT2D eigenvalue weighted by Gasteiger charge is -2.37. The Labute approximate surface area is 132 Å². The van der Waals surface area contributed by atoms with Crippen molar-refractivity contribution in [3.63, 3.8) is 0 Å². The zero-order valence-electron chi connectivity index (χ0n) is 13.1. The van der Waals surface area contributed by atoms with Crippen molar-refractivity contribution in [2.45, 2.75) is 24.8 Å². The zero-order chi connectivity index (χ0) is 14.7. The number of likely N-dealkylation sites (tertiary alicyclic amines) is 1. The molecule has 5 rings (SSSR count). The Kier molecular flexibility index (Phi) is 2.66. The molecule has 0 bridgehead atoms. The van der Waals surface area contributed by atoms with Gasteiger partial charge in [-0.05, 0) is 43.1 Å². The summed E-state index contributed by atoms with van der Waals surface area (Å²) in [4.78, 5) is 5.24. The SMILES string of the molecule is CN1CC[C@H]2C(C1)c1cccc3c1N2CCc1ccccc1-3. The Morgan fingerprint density at radius 3 is 2.77 bits per heavy atom. The number of hydrogen-bond donors (Lipinski definition) is 0. The maximum absolute atomic E-state index is 2.74. The lowest BCUT2D eigenvalue weighted by molar-refractivity contribution is 0.231. The molecule has 2 atom stereocenters. The molecular weight excluding hydrogens is 268 g/mol. The van der Waals surface area contributed by atoms with Gasteiger partial charge in [0, 0.05) is 36.3 Å². The first-order chi connectivity index (χ1) is 10.8. The normalized spacial score (nSPS) is 26.1. The highest BCUT2D eigenvalue weighted by molar-refractivity contribution is 5.86. The van der Waals surface area contributed by atoms with Crippen LogP contribution in [0.2, 0.25) is 0 Å². The molecule has 1 saturated heterocycles. The molecule has 0 radical (unpaired) electrons. The highest BCUT2D eigenvalue weighted by Crippen LogP contribution is 2.50. The molecule has 2 aromatic carbocycles. The van der Waals surface area contributed by atoms with Crippen LogP contribution in [-0.4, -0.2) is 37.6 Å². The number of piperidine rings is 1. The first-order valence-electron chi connectivity index (χ1n) is 8.49. The summed E-state index contributed by atoms with van der Waals surface area (Å²) in [6, 6.07) is 16.7. The molecule has 0 aliphatic carbocycles. The van der Waals surface area contributed by atoms with Gasteiger partial charge in [0.25, 0.3) is 0 Å². The first-order valence-corrected chi connectivity index (χ1v) is 8.49. The average Bonchev–Trinajstić information content (AvgIpc) is 2.75. The fraction of sp³-hybridized carbons (Fsp3) is 0.400. The molecule has 0 aromatic heterocycles. The Bertz CT molecular complexity index is 736. The summed E-state index contributed by atoms with van der Waals surface area (Å²) in [5.74, 6) is 0.693. The smallest absolute Gasteiger partial charge is 0.0485 e. The number of rotatable bonds is 0. The van der Waals surface area contributed by atoms with Crippen LogP contribution in [0.5, 0.6) is 0 Å². The fourth-order valence-electron chi connectivity index (χ4n) is 4.87. The van der Waals surface area contributed by atoms with E-state index in [0.29, 0.717) is 12.0 Å². The average molecular weight is 290 g/mol. The van der Waals surface area contributed by atoms with Crippen LogP contribution in [0.25, 0.3) is 11.1 Å². The van der Waals surface area contributed by atoms with E-state index in [1.807, 2.05) is 0 Å². The molecule has 3 aliphatic rings. The van der Waals surface area contributed by atoms with Crippen molar-refractivity contribution in [2.75, 3.05) is 31.6 Å². The van der Waals surface area contributed by atoms with Crippen molar-refractivity contribution in [1.82, 2.24) is 4.90 Å². The molecule has 2 nitrogen and oxygen atoms in total. The second-order valence-corrected chi connectivity index (χ2v) is 7.07. The maximum Gasteiger partial charge on any atom is 0.0485 e. The highest BCUT2D eigenvalue weighted by atomic mass is 15.2. The van der Waals surface area contributed by atoms with Crippen molar-refractivity contribution in [3.8, 4) is 11.1 Å². The van der Waals surface area contributed by atoms with Crippen molar-refractivity contribution in [2.24, 2.45) is 0 Å². The van der Waals surface area contributed by atoms with Gasteiger partial charge in [0.05, 0.1) is 0 Å². The van der Waals surface area contributed by atoms with E-state index in [9.17, 15) is 0 Å². The largest absolute Gasteiger partial charge is 0.367 e. The van der Waals surface area contributed by atoms with E-state index in [2.05, 4.69) is 59.3 Å². The van der Waals surface area contributed by atoms with E-state index < -0.39 is 0 Å². The van der Waals surface area contributed by atoms with Crippen molar-refractivity contribution < 1.29 is 0 Å². The Hall–Kier alpha value is -1.80. The van der Waals surface area contributed by atoms with Gasteiger partial charge in [-0.2, -0.15) is 0 Å². The molecule has 112 valence electrons. The molecule has 22 heavy (non-hydrogen) atoms. The second kappa shape index (κ2) is 4.60. The molecule has 3 heterocycles. The first kappa shape index (κ1) is 12.7. The van der Waals surface area contributed by atoms with Gasteiger partial charge in [0.1, 0.15) is 0 Å². The molecule has 1 fully saturated rings. The Morgan fingerprint density at radius 1 is 0.955 bits per heavy atom. The molecular formula is C20H22N2. The number of fused-ring (bicyclic) bond motifs is 5. The summed E-state index contributed by atoms with van der Waals surface area (Å²) in [6.45, 7) is 3.61. The molecule has 2 heteroatoms. The molecule has 2 aromatic rings. The van der Waals surface area contributed by atoms with Crippen molar-refractivity contribution >= 4 is 5.69 Å². The van der Waals surface area contributed by atoms with Crippen LogP contribution in [0.4, 0.5) is 5.69 Å². The molecule has 0 N–H and O–H groups in total. The van der Waals surface area contributed by atoms with Gasteiger partial charge in [0.15, 0.2) is 0 Å². The summed E-state index contributed by atoms with van der Waals surface area (Å²) in [5.41, 5.74) is 7.55. The lowest BCUT2D eigenvalue weighted by atomic mass is 9.87. The van der Waals surface area contributed by atoms with Gasteiger partial charge in [-0.1, -0.05) is 42.5 Å². The van der Waals surface area contributed by atoms with E-state index in [0.717, 1.165) is 0 Å². The fourth-order valence-corrected chi connectivity index (χ4v) is 4.87. The van der Waals surface area contributed by atoms with Gasteiger partial charge >= 0.3 is 0 Å². The summed E-state index contributed by atoms with van der Waals surface area (Å²) < 4.78 is 0. The minimum Gasteiger partial charge on any atom is -0.367 e. The minimum absolute atomic E-state index is 0.693. The quantitative estimate of drug-likeness (QED) is 0.732. The van der Waals surface area contributed by atoms with Gasteiger partial charge < -0.3 is 9.80 Å². The third kappa shape index (κ3) is 1.65. The predicted molar refractivity (Wildman–Crippen MR) is 91.6 cm³/mol. The standard InChI is InChI=1S/C20H22N2/c1-21-11-10-19-18(13-21)17-8-4-7-16-15-6-3-2-5-14(15)9-12-22(19)20(16)17/h2-8,18-19H,9-13H2,1H3/t18?,19-/m0/s1. The van der Waals surface area contributed by atoms with Crippen molar-refractivity contribution in [1.29, 1.82) is 0 Å². The zero-order valence-corrected chi connectivity index (χ0v) is 13.1. The van der Waals surface area contributed by atoms with E-state index >= 15 is 0 Å². The number of para-hydroxylation sites is 1. The number of benzene rings is 2. The minimum atomic E-state index is 0.693. The Balaban J connectivity index is 1.74. The topological polar surface area (TPSA) is 6.48 Å². The second-order valence-electron chi connectivity index (χ2n) is 7.07.